The fourth-order valence-electron chi connectivity index (χ4n) is 2.64. The lowest BCUT2D eigenvalue weighted by molar-refractivity contribution is 0.0943. The Labute approximate surface area is 153 Å². The van der Waals surface area contributed by atoms with Crippen molar-refractivity contribution in [3.05, 3.63) is 29.4 Å². The molecule has 2 aromatic rings. The van der Waals surface area contributed by atoms with Crippen molar-refractivity contribution in [2.24, 2.45) is 0 Å². The van der Waals surface area contributed by atoms with Crippen molar-refractivity contribution in [3.8, 4) is 16.5 Å². The Balaban J connectivity index is 1.93. The second kappa shape index (κ2) is 8.92. The topological polar surface area (TPSA) is 67.3 Å². The van der Waals surface area contributed by atoms with Gasteiger partial charge >= 0.3 is 0 Å². The molecule has 0 aromatic carbocycles. The van der Waals surface area contributed by atoms with E-state index in [4.69, 9.17) is 4.74 Å². The summed E-state index contributed by atoms with van der Waals surface area (Å²) in [6.07, 6.45) is 3.31. The highest BCUT2D eigenvalue weighted by Gasteiger charge is 2.15. The third kappa shape index (κ3) is 5.24. The van der Waals surface area contributed by atoms with Gasteiger partial charge in [-0.05, 0) is 33.8 Å². The van der Waals surface area contributed by atoms with Crippen molar-refractivity contribution in [1.82, 2.24) is 20.2 Å². The van der Waals surface area contributed by atoms with Crippen molar-refractivity contribution in [3.63, 3.8) is 0 Å². The normalized spacial score (nSPS) is 11.4. The van der Waals surface area contributed by atoms with Crippen LogP contribution >= 0.6 is 11.3 Å². The number of nitrogens with one attached hydrogen (secondary N) is 1. The number of pyridine rings is 1. The zero-order valence-electron chi connectivity index (χ0n) is 15.4. The summed E-state index contributed by atoms with van der Waals surface area (Å²) < 4.78 is 5.05. The van der Waals surface area contributed by atoms with E-state index in [-0.39, 0.29) is 5.91 Å². The van der Waals surface area contributed by atoms with Crippen LogP contribution in [0.3, 0.4) is 0 Å². The lowest BCUT2D eigenvalue weighted by Crippen LogP contribution is -2.42. The molecule has 0 unspecified atom stereocenters. The van der Waals surface area contributed by atoms with E-state index in [1.807, 2.05) is 6.07 Å². The molecule has 0 aliphatic rings. The molecule has 1 N–H and O–H groups in total. The fourth-order valence-corrected chi connectivity index (χ4v) is 3.46. The number of rotatable bonds is 8. The zero-order chi connectivity index (χ0) is 18.4. The van der Waals surface area contributed by atoms with E-state index in [2.05, 4.69) is 47.9 Å². The number of thiazole rings is 1. The molecular weight excluding hydrogens is 336 g/mol. The van der Waals surface area contributed by atoms with Crippen LogP contribution in [-0.2, 0) is 0 Å². The zero-order valence-corrected chi connectivity index (χ0v) is 16.3. The summed E-state index contributed by atoms with van der Waals surface area (Å²) >= 11 is 1.36. The number of ether oxygens (including phenoxy) is 1. The summed E-state index contributed by atoms with van der Waals surface area (Å²) in [5.74, 6) is 0.468. The molecular formula is C18H26N4O2S. The van der Waals surface area contributed by atoms with E-state index in [0.29, 0.717) is 29.4 Å². The Morgan fingerprint density at radius 2 is 1.92 bits per heavy atom. The molecule has 0 atom stereocenters. The van der Waals surface area contributed by atoms with Gasteiger partial charge < -0.3 is 10.1 Å². The van der Waals surface area contributed by atoms with Crippen LogP contribution in [0.25, 0.3) is 10.6 Å². The maximum Gasteiger partial charge on any atom is 0.263 e. The van der Waals surface area contributed by atoms with Gasteiger partial charge in [0.1, 0.15) is 9.88 Å². The van der Waals surface area contributed by atoms with Crippen LogP contribution in [0.2, 0.25) is 0 Å². The summed E-state index contributed by atoms with van der Waals surface area (Å²) in [7, 11) is 1.58. The molecule has 0 aliphatic carbocycles. The van der Waals surface area contributed by atoms with Crippen LogP contribution in [0.5, 0.6) is 5.88 Å². The number of nitrogens with zero attached hydrogens (tertiary/aromatic N) is 3. The van der Waals surface area contributed by atoms with Crippen molar-refractivity contribution >= 4 is 17.2 Å². The standard InChI is InChI=1S/C18H26N4O2S/c1-12(2)22(13(3)4)9-8-19-17(23)15-11-21-18(25-15)14-6-7-16(24-5)20-10-14/h6-7,10-13H,8-9H2,1-5H3,(H,19,23). The van der Waals surface area contributed by atoms with Gasteiger partial charge in [0.05, 0.1) is 13.3 Å². The fraction of sp³-hybridized carbons (Fsp3) is 0.500. The first-order chi connectivity index (χ1) is 11.9. The molecule has 6 nitrogen and oxygen atoms in total. The molecule has 0 spiro atoms. The number of hydrogen-bond acceptors (Lipinski definition) is 6. The highest BCUT2D eigenvalue weighted by Crippen LogP contribution is 2.25. The predicted molar refractivity (Wildman–Crippen MR) is 101 cm³/mol. The molecule has 7 heteroatoms. The summed E-state index contributed by atoms with van der Waals surface area (Å²) in [5.41, 5.74) is 0.871. The number of carbonyl (C=O) groups is 1. The highest BCUT2D eigenvalue weighted by molar-refractivity contribution is 7.16. The average Bonchev–Trinajstić information content (AvgIpc) is 3.08. The van der Waals surface area contributed by atoms with Gasteiger partial charge in [-0.2, -0.15) is 0 Å². The second-order valence-electron chi connectivity index (χ2n) is 6.30. The first-order valence-electron chi connectivity index (χ1n) is 8.42. The molecule has 25 heavy (non-hydrogen) atoms. The molecule has 0 saturated carbocycles. The molecule has 2 aromatic heterocycles. The summed E-state index contributed by atoms with van der Waals surface area (Å²) in [4.78, 5) is 23.8. The van der Waals surface area contributed by atoms with E-state index in [0.717, 1.165) is 17.1 Å². The monoisotopic (exact) mass is 362 g/mol. The maximum absolute atomic E-state index is 12.3. The number of amides is 1. The van der Waals surface area contributed by atoms with Crippen molar-refractivity contribution in [2.45, 2.75) is 39.8 Å². The second-order valence-corrected chi connectivity index (χ2v) is 7.33. The number of carbonyl (C=O) groups excluding carboxylic acids is 1. The lowest BCUT2D eigenvalue weighted by Gasteiger charge is -2.30. The smallest absolute Gasteiger partial charge is 0.263 e. The quantitative estimate of drug-likeness (QED) is 0.782. The van der Waals surface area contributed by atoms with Gasteiger partial charge in [-0.25, -0.2) is 9.97 Å². The van der Waals surface area contributed by atoms with E-state index < -0.39 is 0 Å². The predicted octanol–water partition coefficient (Wildman–Crippen LogP) is 3.06. The first-order valence-corrected chi connectivity index (χ1v) is 9.24. The summed E-state index contributed by atoms with van der Waals surface area (Å²) in [6.45, 7) is 10.1. The van der Waals surface area contributed by atoms with Crippen LogP contribution in [-0.4, -0.2) is 53.1 Å². The molecule has 0 radical (unpaired) electrons. The minimum absolute atomic E-state index is 0.0855. The minimum Gasteiger partial charge on any atom is -0.481 e. The Morgan fingerprint density at radius 3 is 2.48 bits per heavy atom. The van der Waals surface area contributed by atoms with Gasteiger partial charge in [-0.1, -0.05) is 0 Å². The number of aromatic nitrogens is 2. The van der Waals surface area contributed by atoms with Crippen LogP contribution in [0.1, 0.15) is 37.4 Å². The average molecular weight is 362 g/mol. The Hall–Kier alpha value is -1.99. The van der Waals surface area contributed by atoms with Gasteiger partial charge in [0, 0.05) is 43.0 Å². The van der Waals surface area contributed by atoms with Crippen LogP contribution in [0.4, 0.5) is 0 Å². The molecule has 2 heterocycles. The lowest BCUT2D eigenvalue weighted by atomic mass is 10.2. The number of methoxy groups -OCH3 is 1. The molecule has 0 aliphatic heterocycles. The molecule has 0 saturated heterocycles. The van der Waals surface area contributed by atoms with Crippen molar-refractivity contribution in [1.29, 1.82) is 0 Å². The van der Waals surface area contributed by atoms with Gasteiger partial charge in [0.2, 0.25) is 5.88 Å². The van der Waals surface area contributed by atoms with E-state index in [1.165, 1.54) is 11.3 Å². The van der Waals surface area contributed by atoms with E-state index in [1.54, 1.807) is 25.6 Å². The summed E-state index contributed by atoms with van der Waals surface area (Å²) in [5, 5.41) is 3.75. The molecule has 0 bridgehead atoms. The van der Waals surface area contributed by atoms with Gasteiger partial charge in [-0.3, -0.25) is 9.69 Å². The third-order valence-electron chi connectivity index (χ3n) is 3.90. The van der Waals surface area contributed by atoms with Gasteiger partial charge in [0.25, 0.3) is 5.91 Å². The van der Waals surface area contributed by atoms with Crippen LogP contribution in [0.15, 0.2) is 24.5 Å². The van der Waals surface area contributed by atoms with Gasteiger partial charge in [-0.15, -0.1) is 11.3 Å². The van der Waals surface area contributed by atoms with Crippen LogP contribution in [0, 0.1) is 0 Å². The number of hydrogen-bond donors (Lipinski definition) is 1. The third-order valence-corrected chi connectivity index (χ3v) is 4.95. The SMILES string of the molecule is COc1ccc(-c2ncc(C(=O)NCCN(C(C)C)C(C)C)s2)cn1. The van der Waals surface area contributed by atoms with Crippen molar-refractivity contribution < 1.29 is 9.53 Å². The Bertz CT molecular complexity index is 675. The molecule has 0 fully saturated rings. The Morgan fingerprint density at radius 1 is 1.20 bits per heavy atom. The van der Waals surface area contributed by atoms with E-state index in [9.17, 15) is 4.79 Å². The molecule has 1 amide bonds. The Kier molecular flexibility index (Phi) is 6.90. The highest BCUT2D eigenvalue weighted by atomic mass is 32.1. The summed E-state index contributed by atoms with van der Waals surface area (Å²) in [6, 6.07) is 4.57. The minimum atomic E-state index is -0.0855. The maximum atomic E-state index is 12.3. The first kappa shape index (κ1) is 19.3. The van der Waals surface area contributed by atoms with Gasteiger partial charge in [0.15, 0.2) is 0 Å². The molecule has 2 rings (SSSR count). The van der Waals surface area contributed by atoms with Crippen molar-refractivity contribution in [2.75, 3.05) is 20.2 Å². The van der Waals surface area contributed by atoms with Crippen LogP contribution < -0.4 is 10.1 Å². The molecule has 136 valence electrons. The largest absolute Gasteiger partial charge is 0.481 e. The van der Waals surface area contributed by atoms with E-state index >= 15 is 0 Å².